The molecule has 0 aromatic heterocycles. The SMILES string of the molecule is CC1CC(=O)CCN1c1ccc(Br)cc1Cl. The number of ketones is 1. The number of hydrogen-bond acceptors (Lipinski definition) is 2. The molecule has 0 spiro atoms. The number of hydrogen-bond donors (Lipinski definition) is 0. The maximum Gasteiger partial charge on any atom is 0.136 e. The molecule has 2 rings (SSSR count). The van der Waals surface area contributed by atoms with Gasteiger partial charge in [-0.3, -0.25) is 4.79 Å². The summed E-state index contributed by atoms with van der Waals surface area (Å²) >= 11 is 9.60. The van der Waals surface area contributed by atoms with Gasteiger partial charge in [0.05, 0.1) is 10.7 Å². The first-order chi connectivity index (χ1) is 7.58. The van der Waals surface area contributed by atoms with Crippen molar-refractivity contribution in [3.63, 3.8) is 0 Å². The smallest absolute Gasteiger partial charge is 0.136 e. The molecule has 0 N–H and O–H groups in total. The summed E-state index contributed by atoms with van der Waals surface area (Å²) in [5.41, 5.74) is 1.02. The summed E-state index contributed by atoms with van der Waals surface area (Å²) in [6.07, 6.45) is 1.24. The van der Waals surface area contributed by atoms with Crippen molar-refractivity contribution in [2.24, 2.45) is 0 Å². The van der Waals surface area contributed by atoms with Crippen LogP contribution in [0.3, 0.4) is 0 Å². The zero-order chi connectivity index (χ0) is 11.7. The van der Waals surface area contributed by atoms with E-state index in [0.717, 1.165) is 21.7 Å². The van der Waals surface area contributed by atoms with Gasteiger partial charge in [-0.1, -0.05) is 27.5 Å². The fraction of sp³-hybridized carbons (Fsp3) is 0.417. The molecule has 2 nitrogen and oxygen atoms in total. The zero-order valence-electron chi connectivity index (χ0n) is 9.04. The third-order valence-electron chi connectivity index (χ3n) is 2.91. The van der Waals surface area contributed by atoms with Gasteiger partial charge in [0.15, 0.2) is 0 Å². The number of carbonyl (C=O) groups is 1. The molecule has 1 aliphatic rings. The van der Waals surface area contributed by atoms with Crippen LogP contribution >= 0.6 is 27.5 Å². The highest BCUT2D eigenvalue weighted by atomic mass is 79.9. The molecule has 4 heteroatoms. The molecule has 0 saturated carbocycles. The van der Waals surface area contributed by atoms with Gasteiger partial charge in [-0.15, -0.1) is 0 Å². The summed E-state index contributed by atoms with van der Waals surface area (Å²) in [4.78, 5) is 13.5. The van der Waals surface area contributed by atoms with Gasteiger partial charge >= 0.3 is 0 Å². The van der Waals surface area contributed by atoms with Crippen molar-refractivity contribution in [1.29, 1.82) is 0 Å². The molecule has 0 amide bonds. The van der Waals surface area contributed by atoms with Gasteiger partial charge in [-0.05, 0) is 25.1 Å². The lowest BCUT2D eigenvalue weighted by molar-refractivity contribution is -0.120. The maximum absolute atomic E-state index is 11.3. The first-order valence-corrected chi connectivity index (χ1v) is 6.48. The van der Waals surface area contributed by atoms with E-state index in [1.54, 1.807) is 0 Å². The monoisotopic (exact) mass is 301 g/mol. The standard InChI is InChI=1S/C12H13BrClNO/c1-8-6-10(16)4-5-15(8)12-3-2-9(13)7-11(12)14/h2-3,7-8H,4-6H2,1H3. The van der Waals surface area contributed by atoms with Crippen LogP contribution in [0.4, 0.5) is 5.69 Å². The molecule has 1 aromatic rings. The highest BCUT2D eigenvalue weighted by molar-refractivity contribution is 9.10. The third kappa shape index (κ3) is 2.41. The van der Waals surface area contributed by atoms with E-state index in [9.17, 15) is 4.79 Å². The molecular weight excluding hydrogens is 289 g/mol. The van der Waals surface area contributed by atoms with Gasteiger partial charge in [0, 0.05) is 29.9 Å². The minimum Gasteiger partial charge on any atom is -0.367 e. The van der Waals surface area contributed by atoms with Gasteiger partial charge in [-0.2, -0.15) is 0 Å². The van der Waals surface area contributed by atoms with E-state index >= 15 is 0 Å². The summed E-state index contributed by atoms with van der Waals surface area (Å²) in [6.45, 7) is 2.83. The van der Waals surface area contributed by atoms with E-state index in [2.05, 4.69) is 27.8 Å². The van der Waals surface area contributed by atoms with Gasteiger partial charge in [0.1, 0.15) is 5.78 Å². The topological polar surface area (TPSA) is 20.3 Å². The number of halogens is 2. The Hall–Kier alpha value is -0.540. The average Bonchev–Trinajstić information content (AvgIpc) is 2.19. The number of benzene rings is 1. The summed E-state index contributed by atoms with van der Waals surface area (Å²) in [5, 5.41) is 0.732. The van der Waals surface area contributed by atoms with Crippen molar-refractivity contribution in [3.8, 4) is 0 Å². The van der Waals surface area contributed by atoms with E-state index in [4.69, 9.17) is 11.6 Å². The molecule has 1 unspecified atom stereocenters. The van der Waals surface area contributed by atoms with Gasteiger partial charge in [0.25, 0.3) is 0 Å². The summed E-state index contributed by atoms with van der Waals surface area (Å²) in [7, 11) is 0. The summed E-state index contributed by atoms with van der Waals surface area (Å²) in [6, 6.07) is 6.10. The Balaban J connectivity index is 2.26. The molecule has 1 aliphatic heterocycles. The van der Waals surface area contributed by atoms with Crippen molar-refractivity contribution in [1.82, 2.24) is 0 Å². The quantitative estimate of drug-likeness (QED) is 0.789. The number of piperidine rings is 1. The second-order valence-electron chi connectivity index (χ2n) is 4.13. The molecule has 0 bridgehead atoms. The normalized spacial score (nSPS) is 21.3. The number of nitrogens with zero attached hydrogens (tertiary/aromatic N) is 1. The molecule has 1 saturated heterocycles. The van der Waals surface area contributed by atoms with Crippen molar-refractivity contribution in [3.05, 3.63) is 27.7 Å². The highest BCUT2D eigenvalue weighted by Crippen LogP contribution is 2.32. The molecule has 1 fully saturated rings. The molecule has 86 valence electrons. The Labute approximate surface area is 109 Å². The summed E-state index contributed by atoms with van der Waals surface area (Å²) in [5.74, 6) is 0.344. The Morgan fingerprint density at radius 1 is 1.50 bits per heavy atom. The lowest BCUT2D eigenvalue weighted by Crippen LogP contribution is -2.41. The maximum atomic E-state index is 11.3. The molecular formula is C12H13BrClNO. The zero-order valence-corrected chi connectivity index (χ0v) is 11.4. The van der Waals surface area contributed by atoms with Crippen molar-refractivity contribution < 1.29 is 4.79 Å². The molecule has 1 aromatic carbocycles. The van der Waals surface area contributed by atoms with Crippen LogP contribution in [0, 0.1) is 0 Å². The Morgan fingerprint density at radius 2 is 2.25 bits per heavy atom. The van der Waals surface area contributed by atoms with Crippen LogP contribution in [-0.4, -0.2) is 18.4 Å². The van der Waals surface area contributed by atoms with Crippen LogP contribution in [0.25, 0.3) is 0 Å². The number of anilines is 1. The van der Waals surface area contributed by atoms with Crippen LogP contribution in [0.1, 0.15) is 19.8 Å². The van der Waals surface area contributed by atoms with Crippen molar-refractivity contribution in [2.45, 2.75) is 25.8 Å². The van der Waals surface area contributed by atoms with E-state index in [1.807, 2.05) is 18.2 Å². The fourth-order valence-corrected chi connectivity index (χ4v) is 2.86. The molecule has 1 atom stereocenters. The van der Waals surface area contributed by atoms with E-state index in [-0.39, 0.29) is 6.04 Å². The second kappa shape index (κ2) is 4.76. The van der Waals surface area contributed by atoms with E-state index in [1.165, 1.54) is 0 Å². The number of Topliss-reactive ketones (excluding diaryl/α,β-unsaturated/α-hetero) is 1. The first-order valence-electron chi connectivity index (χ1n) is 5.31. The van der Waals surface area contributed by atoms with Crippen molar-refractivity contribution >= 4 is 39.0 Å². The number of rotatable bonds is 1. The minimum atomic E-state index is 0.236. The Morgan fingerprint density at radius 3 is 2.88 bits per heavy atom. The lowest BCUT2D eigenvalue weighted by atomic mass is 10.0. The molecule has 1 heterocycles. The predicted molar refractivity (Wildman–Crippen MR) is 70.2 cm³/mol. The molecule has 0 aliphatic carbocycles. The van der Waals surface area contributed by atoms with Crippen LogP contribution < -0.4 is 4.90 Å². The van der Waals surface area contributed by atoms with Crippen LogP contribution in [0.2, 0.25) is 5.02 Å². The van der Waals surface area contributed by atoms with Gasteiger partial charge < -0.3 is 4.90 Å². The van der Waals surface area contributed by atoms with E-state index < -0.39 is 0 Å². The Bertz CT molecular complexity index is 421. The summed E-state index contributed by atoms with van der Waals surface area (Å²) < 4.78 is 0.974. The first kappa shape index (κ1) is 11.9. The molecule has 16 heavy (non-hydrogen) atoms. The van der Waals surface area contributed by atoms with Gasteiger partial charge in [-0.25, -0.2) is 0 Å². The van der Waals surface area contributed by atoms with Crippen LogP contribution in [-0.2, 0) is 4.79 Å². The van der Waals surface area contributed by atoms with Crippen LogP contribution in [0.5, 0.6) is 0 Å². The fourth-order valence-electron chi connectivity index (χ4n) is 2.08. The Kier molecular flexibility index (Phi) is 3.55. The number of carbonyl (C=O) groups excluding carboxylic acids is 1. The average molecular weight is 303 g/mol. The van der Waals surface area contributed by atoms with E-state index in [0.29, 0.717) is 18.6 Å². The third-order valence-corrected chi connectivity index (χ3v) is 3.70. The highest BCUT2D eigenvalue weighted by Gasteiger charge is 2.24. The second-order valence-corrected chi connectivity index (χ2v) is 5.45. The minimum absolute atomic E-state index is 0.236. The molecule has 0 radical (unpaired) electrons. The van der Waals surface area contributed by atoms with Crippen LogP contribution in [0.15, 0.2) is 22.7 Å². The lowest BCUT2D eigenvalue weighted by Gasteiger charge is -2.35. The van der Waals surface area contributed by atoms with Gasteiger partial charge in [0.2, 0.25) is 0 Å². The predicted octanol–water partition coefficient (Wildman–Crippen LogP) is 3.66. The largest absolute Gasteiger partial charge is 0.367 e. The van der Waals surface area contributed by atoms with Crippen molar-refractivity contribution in [2.75, 3.05) is 11.4 Å².